The van der Waals surface area contributed by atoms with Crippen LogP contribution in [0.1, 0.15) is 37.9 Å². The molecule has 136 valence electrons. The Hall–Kier alpha value is -1.64. The van der Waals surface area contributed by atoms with Crippen LogP contribution in [-0.2, 0) is 14.8 Å². The molecule has 2 N–H and O–H groups in total. The molecule has 0 spiro atoms. The zero-order chi connectivity index (χ0) is 18.8. The number of hydrogen-bond donors (Lipinski definition) is 2. The van der Waals surface area contributed by atoms with E-state index in [0.29, 0.717) is 16.3 Å². The van der Waals surface area contributed by atoms with E-state index < -0.39 is 15.9 Å². The second-order valence-corrected chi connectivity index (χ2v) is 8.85. The first-order valence-electron chi connectivity index (χ1n) is 7.65. The Balaban J connectivity index is 2.20. The fourth-order valence-corrected chi connectivity index (χ4v) is 4.68. The van der Waals surface area contributed by atoms with E-state index >= 15 is 0 Å². The topological polar surface area (TPSA) is 88.2 Å². The number of sulfonamides is 1. The van der Waals surface area contributed by atoms with E-state index in [0.717, 1.165) is 11.3 Å². The number of halogens is 1. The molecule has 1 atom stereocenters. The van der Waals surface area contributed by atoms with Crippen molar-refractivity contribution < 1.29 is 13.2 Å². The molecule has 0 saturated carbocycles. The fraction of sp³-hybridized carbons (Fsp3) is 0.375. The van der Waals surface area contributed by atoms with Crippen LogP contribution in [0.25, 0.3) is 0 Å². The molecule has 0 fully saturated rings. The number of rotatable bonds is 6. The third-order valence-electron chi connectivity index (χ3n) is 3.52. The van der Waals surface area contributed by atoms with Crippen LogP contribution < -0.4 is 10.0 Å². The summed E-state index contributed by atoms with van der Waals surface area (Å²) in [5.41, 5.74) is 0.988. The van der Waals surface area contributed by atoms with Gasteiger partial charge in [0.2, 0.25) is 5.91 Å². The first-order valence-corrected chi connectivity index (χ1v) is 10.4. The lowest BCUT2D eigenvalue weighted by atomic mass is 10.1. The average Bonchev–Trinajstić information content (AvgIpc) is 2.96. The average molecular weight is 402 g/mol. The number of nitrogens with one attached hydrogen (secondary N) is 2. The quantitative estimate of drug-likeness (QED) is 0.774. The van der Waals surface area contributed by atoms with Gasteiger partial charge in [-0.3, -0.25) is 9.52 Å². The molecule has 25 heavy (non-hydrogen) atoms. The van der Waals surface area contributed by atoms with E-state index in [1.807, 2.05) is 13.8 Å². The second kappa shape index (κ2) is 7.72. The van der Waals surface area contributed by atoms with Gasteiger partial charge in [0, 0.05) is 16.4 Å². The highest BCUT2D eigenvalue weighted by atomic mass is 35.5. The lowest BCUT2D eigenvalue weighted by molar-refractivity contribution is -0.122. The predicted octanol–water partition coefficient (Wildman–Crippen LogP) is 3.53. The summed E-state index contributed by atoms with van der Waals surface area (Å²) in [5, 5.41) is 5.07. The summed E-state index contributed by atoms with van der Waals surface area (Å²) >= 11 is 7.13. The lowest BCUT2D eigenvalue weighted by Crippen LogP contribution is -2.33. The largest absolute Gasteiger partial charge is 0.353 e. The molecule has 0 aliphatic heterocycles. The molecule has 2 rings (SSSR count). The first-order chi connectivity index (χ1) is 11.6. The van der Waals surface area contributed by atoms with Gasteiger partial charge in [-0.1, -0.05) is 17.7 Å². The molecule has 1 unspecified atom stereocenters. The Bertz CT molecular complexity index is 879. The molecule has 0 saturated heterocycles. The SMILES string of the molecule is Cc1c(Cl)cccc1S(=O)(=O)Nc1nc(C(C)C(=O)NC(C)C)cs1. The van der Waals surface area contributed by atoms with Crippen LogP contribution in [0.5, 0.6) is 0 Å². The molecule has 0 radical (unpaired) electrons. The molecule has 1 heterocycles. The van der Waals surface area contributed by atoms with Gasteiger partial charge in [0.1, 0.15) is 0 Å². The Labute approximate surface area is 156 Å². The van der Waals surface area contributed by atoms with E-state index in [-0.39, 0.29) is 22.0 Å². The molecule has 0 aliphatic rings. The predicted molar refractivity (Wildman–Crippen MR) is 101 cm³/mol. The maximum atomic E-state index is 12.6. The van der Waals surface area contributed by atoms with Crippen molar-refractivity contribution in [2.45, 2.75) is 44.6 Å². The lowest BCUT2D eigenvalue weighted by Gasteiger charge is -2.12. The number of aromatic nitrogens is 1. The molecule has 6 nitrogen and oxygen atoms in total. The number of hydrogen-bond acceptors (Lipinski definition) is 5. The molecule has 0 bridgehead atoms. The van der Waals surface area contributed by atoms with E-state index in [1.54, 1.807) is 31.4 Å². The first kappa shape index (κ1) is 19.7. The van der Waals surface area contributed by atoms with E-state index in [4.69, 9.17) is 11.6 Å². The van der Waals surface area contributed by atoms with Crippen LogP contribution in [0.2, 0.25) is 5.02 Å². The van der Waals surface area contributed by atoms with Gasteiger partial charge in [0.05, 0.1) is 16.5 Å². The van der Waals surface area contributed by atoms with E-state index in [2.05, 4.69) is 15.0 Å². The Kier molecular flexibility index (Phi) is 6.08. The minimum atomic E-state index is -3.81. The summed E-state index contributed by atoms with van der Waals surface area (Å²) in [7, 11) is -3.81. The van der Waals surface area contributed by atoms with Crippen molar-refractivity contribution >= 4 is 44.0 Å². The fourth-order valence-electron chi connectivity index (χ4n) is 2.12. The summed E-state index contributed by atoms with van der Waals surface area (Å²) in [4.78, 5) is 16.4. The number of nitrogens with zero attached hydrogens (tertiary/aromatic N) is 1. The molecule has 1 aromatic carbocycles. The monoisotopic (exact) mass is 401 g/mol. The number of carbonyl (C=O) groups excluding carboxylic acids is 1. The van der Waals surface area contributed by atoms with Crippen molar-refractivity contribution in [3.05, 3.63) is 39.9 Å². The summed E-state index contributed by atoms with van der Waals surface area (Å²) in [6.45, 7) is 7.12. The summed E-state index contributed by atoms with van der Waals surface area (Å²) in [5.74, 6) is -0.620. The number of thiazole rings is 1. The highest BCUT2D eigenvalue weighted by Crippen LogP contribution is 2.27. The maximum Gasteiger partial charge on any atom is 0.263 e. The summed E-state index contributed by atoms with van der Waals surface area (Å²) in [6.07, 6.45) is 0. The number of benzene rings is 1. The number of amides is 1. The highest BCUT2D eigenvalue weighted by Gasteiger charge is 2.22. The molecule has 1 amide bonds. The van der Waals surface area contributed by atoms with Crippen LogP contribution in [-0.4, -0.2) is 25.4 Å². The highest BCUT2D eigenvalue weighted by molar-refractivity contribution is 7.93. The zero-order valence-corrected chi connectivity index (χ0v) is 16.7. The normalized spacial score (nSPS) is 12.9. The van der Waals surface area contributed by atoms with Crippen LogP contribution >= 0.6 is 22.9 Å². The zero-order valence-electron chi connectivity index (χ0n) is 14.3. The van der Waals surface area contributed by atoms with Crippen molar-refractivity contribution in [2.75, 3.05) is 4.72 Å². The Morgan fingerprint density at radius 3 is 2.60 bits per heavy atom. The molecule has 2 aromatic rings. The van der Waals surface area contributed by atoms with Crippen molar-refractivity contribution in [1.82, 2.24) is 10.3 Å². The molecular weight excluding hydrogens is 382 g/mol. The van der Waals surface area contributed by atoms with Gasteiger partial charge < -0.3 is 5.32 Å². The van der Waals surface area contributed by atoms with Crippen LogP contribution in [0.4, 0.5) is 5.13 Å². The van der Waals surface area contributed by atoms with E-state index in [9.17, 15) is 13.2 Å². The third kappa shape index (κ3) is 4.71. The number of carbonyl (C=O) groups is 1. The van der Waals surface area contributed by atoms with Crippen molar-refractivity contribution in [2.24, 2.45) is 0 Å². The molecular formula is C16H20ClN3O3S2. The van der Waals surface area contributed by atoms with Crippen molar-refractivity contribution in [3.8, 4) is 0 Å². The van der Waals surface area contributed by atoms with Crippen LogP contribution in [0.3, 0.4) is 0 Å². The van der Waals surface area contributed by atoms with Crippen LogP contribution in [0, 0.1) is 6.92 Å². The van der Waals surface area contributed by atoms with Gasteiger partial charge in [0.15, 0.2) is 5.13 Å². The van der Waals surface area contributed by atoms with Crippen molar-refractivity contribution in [1.29, 1.82) is 0 Å². The molecule has 0 aliphatic carbocycles. The standard InChI is InChI=1S/C16H20ClN3O3S2/c1-9(2)18-15(21)11(4)13-8-24-16(19-13)20-25(22,23)14-7-5-6-12(17)10(14)3/h5-9,11H,1-4H3,(H,18,21)(H,19,20). The smallest absolute Gasteiger partial charge is 0.263 e. The summed E-state index contributed by atoms with van der Waals surface area (Å²) < 4.78 is 27.5. The van der Waals surface area contributed by atoms with Gasteiger partial charge in [-0.05, 0) is 45.4 Å². The number of anilines is 1. The van der Waals surface area contributed by atoms with Crippen molar-refractivity contribution in [3.63, 3.8) is 0 Å². The minimum Gasteiger partial charge on any atom is -0.353 e. The third-order valence-corrected chi connectivity index (χ3v) is 6.32. The van der Waals surface area contributed by atoms with Gasteiger partial charge in [-0.15, -0.1) is 11.3 Å². The van der Waals surface area contributed by atoms with Gasteiger partial charge in [-0.25, -0.2) is 13.4 Å². The molecule has 9 heteroatoms. The second-order valence-electron chi connectivity index (χ2n) is 5.93. The van der Waals surface area contributed by atoms with Gasteiger partial charge >= 0.3 is 0 Å². The minimum absolute atomic E-state index is 0.0253. The Morgan fingerprint density at radius 1 is 1.28 bits per heavy atom. The van der Waals surface area contributed by atoms with Gasteiger partial charge in [0.25, 0.3) is 10.0 Å². The van der Waals surface area contributed by atoms with Crippen LogP contribution in [0.15, 0.2) is 28.5 Å². The maximum absolute atomic E-state index is 12.6. The summed E-state index contributed by atoms with van der Waals surface area (Å²) in [6, 6.07) is 4.72. The Morgan fingerprint density at radius 2 is 1.96 bits per heavy atom. The van der Waals surface area contributed by atoms with E-state index in [1.165, 1.54) is 6.07 Å². The molecule has 1 aromatic heterocycles. The van der Waals surface area contributed by atoms with Gasteiger partial charge in [-0.2, -0.15) is 0 Å².